The topological polar surface area (TPSA) is 77.2 Å². The summed E-state index contributed by atoms with van der Waals surface area (Å²) in [4.78, 5) is 12.9. The number of hydrogen-bond donors (Lipinski definition) is 1. The summed E-state index contributed by atoms with van der Waals surface area (Å²) in [5.41, 5.74) is 3.44. The lowest BCUT2D eigenvalue weighted by Crippen LogP contribution is -2.32. The summed E-state index contributed by atoms with van der Waals surface area (Å²) in [6.45, 7) is 6.19. The molecule has 3 aromatic carbocycles. The molecule has 1 N–H and O–H groups in total. The Hall–Kier alpha value is -3.93. The first-order chi connectivity index (χ1) is 16.0. The second kappa shape index (κ2) is 10.1. The van der Waals surface area contributed by atoms with Crippen molar-refractivity contribution in [3.05, 3.63) is 84.4 Å². The van der Waals surface area contributed by atoms with Crippen LogP contribution in [0.15, 0.2) is 83.3 Å². The zero-order valence-electron chi connectivity index (χ0n) is 19.0. The van der Waals surface area contributed by atoms with E-state index in [1.54, 1.807) is 6.07 Å². The van der Waals surface area contributed by atoms with Crippen molar-refractivity contribution in [3.63, 3.8) is 0 Å². The van der Waals surface area contributed by atoms with Gasteiger partial charge in [-0.2, -0.15) is 0 Å². The van der Waals surface area contributed by atoms with Crippen LogP contribution in [0.2, 0.25) is 0 Å². The van der Waals surface area contributed by atoms with E-state index in [1.807, 2.05) is 79.7 Å². The monoisotopic (exact) mass is 441 g/mol. The molecule has 0 aliphatic carbocycles. The van der Waals surface area contributed by atoms with Crippen molar-refractivity contribution in [2.24, 2.45) is 0 Å². The number of benzene rings is 3. The van der Waals surface area contributed by atoms with E-state index in [0.717, 1.165) is 11.3 Å². The predicted molar refractivity (Wildman–Crippen MR) is 129 cm³/mol. The Bertz CT molecular complexity index is 1200. The molecule has 1 unspecified atom stereocenters. The SMILES string of the molecule is CCC(Oc1ccccc1-c1nnc(-c2ccccc2)o1)C(=O)Nc1ccc(C(C)C)cc1. The van der Waals surface area contributed by atoms with Crippen molar-refractivity contribution in [1.29, 1.82) is 0 Å². The van der Waals surface area contributed by atoms with Crippen molar-refractivity contribution in [1.82, 2.24) is 10.2 Å². The molecule has 4 rings (SSSR count). The Kier molecular flexibility index (Phi) is 6.83. The van der Waals surface area contributed by atoms with Crippen LogP contribution in [0.25, 0.3) is 22.9 Å². The van der Waals surface area contributed by atoms with E-state index in [0.29, 0.717) is 35.4 Å². The van der Waals surface area contributed by atoms with Crippen molar-refractivity contribution < 1.29 is 13.9 Å². The lowest BCUT2D eigenvalue weighted by Gasteiger charge is -2.19. The van der Waals surface area contributed by atoms with E-state index in [9.17, 15) is 4.79 Å². The molecule has 0 radical (unpaired) electrons. The van der Waals surface area contributed by atoms with Crippen molar-refractivity contribution in [2.45, 2.75) is 39.2 Å². The minimum atomic E-state index is -0.674. The molecule has 6 heteroatoms. The van der Waals surface area contributed by atoms with Gasteiger partial charge >= 0.3 is 0 Å². The smallest absolute Gasteiger partial charge is 0.265 e. The first-order valence-corrected chi connectivity index (χ1v) is 11.1. The highest BCUT2D eigenvalue weighted by atomic mass is 16.5. The maximum absolute atomic E-state index is 12.9. The summed E-state index contributed by atoms with van der Waals surface area (Å²) < 4.78 is 12.0. The van der Waals surface area contributed by atoms with Gasteiger partial charge in [-0.25, -0.2) is 0 Å². The van der Waals surface area contributed by atoms with Gasteiger partial charge < -0.3 is 14.5 Å². The van der Waals surface area contributed by atoms with Gasteiger partial charge in [-0.1, -0.05) is 63.2 Å². The Morgan fingerprint density at radius 2 is 1.58 bits per heavy atom. The molecule has 0 aliphatic rings. The van der Waals surface area contributed by atoms with Crippen LogP contribution in [0, 0.1) is 0 Å². The van der Waals surface area contributed by atoms with E-state index in [-0.39, 0.29) is 5.91 Å². The van der Waals surface area contributed by atoms with E-state index < -0.39 is 6.10 Å². The number of hydrogen-bond acceptors (Lipinski definition) is 5. The molecule has 1 amide bonds. The minimum Gasteiger partial charge on any atom is -0.480 e. The molecule has 6 nitrogen and oxygen atoms in total. The van der Waals surface area contributed by atoms with E-state index >= 15 is 0 Å². The first-order valence-electron chi connectivity index (χ1n) is 11.1. The number of nitrogens with zero attached hydrogens (tertiary/aromatic N) is 2. The molecular weight excluding hydrogens is 414 g/mol. The quantitative estimate of drug-likeness (QED) is 0.346. The van der Waals surface area contributed by atoms with E-state index in [1.165, 1.54) is 5.56 Å². The minimum absolute atomic E-state index is 0.208. The van der Waals surface area contributed by atoms with Crippen LogP contribution >= 0.6 is 0 Å². The van der Waals surface area contributed by atoms with E-state index in [2.05, 4.69) is 29.4 Å². The fourth-order valence-corrected chi connectivity index (χ4v) is 3.43. The molecular formula is C27H27N3O3. The summed E-state index contributed by atoms with van der Waals surface area (Å²) in [7, 11) is 0. The fourth-order valence-electron chi connectivity index (χ4n) is 3.43. The summed E-state index contributed by atoms with van der Waals surface area (Å²) in [5.74, 6) is 1.50. The Morgan fingerprint density at radius 3 is 2.27 bits per heavy atom. The standard InChI is InChI=1S/C27H27N3O3/c1-4-23(25(31)28-21-16-14-19(15-17-21)18(2)3)32-24-13-9-8-12-22(24)27-30-29-26(33-27)20-10-6-5-7-11-20/h5-18,23H,4H2,1-3H3,(H,28,31). The van der Waals surface area contributed by atoms with Crippen molar-refractivity contribution >= 4 is 11.6 Å². The van der Waals surface area contributed by atoms with E-state index in [4.69, 9.17) is 9.15 Å². The lowest BCUT2D eigenvalue weighted by atomic mass is 10.0. The van der Waals surface area contributed by atoms with Gasteiger partial charge in [0, 0.05) is 11.3 Å². The van der Waals surface area contributed by atoms with Crippen LogP contribution in [-0.4, -0.2) is 22.2 Å². The van der Waals surface area contributed by atoms with Gasteiger partial charge in [-0.15, -0.1) is 10.2 Å². The molecule has 4 aromatic rings. The van der Waals surface area contributed by atoms with Crippen LogP contribution in [0.4, 0.5) is 5.69 Å². The maximum atomic E-state index is 12.9. The van der Waals surface area contributed by atoms with Gasteiger partial charge in [-0.3, -0.25) is 4.79 Å². The predicted octanol–water partition coefficient (Wildman–Crippen LogP) is 6.32. The zero-order chi connectivity index (χ0) is 23.2. The van der Waals surface area contributed by atoms with Crippen molar-refractivity contribution in [3.8, 4) is 28.7 Å². The average Bonchev–Trinajstić information content (AvgIpc) is 3.34. The summed E-state index contributed by atoms with van der Waals surface area (Å²) in [5, 5.41) is 11.3. The van der Waals surface area contributed by atoms with Gasteiger partial charge in [0.25, 0.3) is 11.8 Å². The lowest BCUT2D eigenvalue weighted by molar-refractivity contribution is -0.122. The number of nitrogens with one attached hydrogen (secondary N) is 1. The van der Waals surface area contributed by atoms with Gasteiger partial charge in [0.2, 0.25) is 5.89 Å². The molecule has 0 spiro atoms. The second-order valence-electron chi connectivity index (χ2n) is 8.06. The fraction of sp³-hybridized carbons (Fsp3) is 0.222. The zero-order valence-corrected chi connectivity index (χ0v) is 19.0. The third-order valence-electron chi connectivity index (χ3n) is 5.34. The van der Waals surface area contributed by atoms with Gasteiger partial charge in [0.05, 0.1) is 5.56 Å². The van der Waals surface area contributed by atoms with Crippen LogP contribution in [0.5, 0.6) is 5.75 Å². The van der Waals surface area contributed by atoms with Crippen molar-refractivity contribution in [2.75, 3.05) is 5.32 Å². The number of carbonyl (C=O) groups excluding carboxylic acids is 1. The first kappa shape index (κ1) is 22.3. The number of carbonyl (C=O) groups is 1. The molecule has 0 aliphatic heterocycles. The van der Waals surface area contributed by atoms with Crippen LogP contribution in [0.1, 0.15) is 38.7 Å². The summed E-state index contributed by atoms with van der Waals surface area (Å²) in [6.07, 6.45) is -0.170. The largest absolute Gasteiger partial charge is 0.480 e. The Balaban J connectivity index is 1.51. The van der Waals surface area contributed by atoms with Gasteiger partial charge in [0.15, 0.2) is 6.10 Å². The number of aromatic nitrogens is 2. The third kappa shape index (κ3) is 5.29. The summed E-state index contributed by atoms with van der Waals surface area (Å²) >= 11 is 0. The molecule has 1 aromatic heterocycles. The second-order valence-corrected chi connectivity index (χ2v) is 8.06. The summed E-state index contributed by atoms with van der Waals surface area (Å²) in [6, 6.07) is 24.8. The maximum Gasteiger partial charge on any atom is 0.265 e. The number of ether oxygens (including phenoxy) is 1. The van der Waals surface area contributed by atoms with Gasteiger partial charge in [0.1, 0.15) is 5.75 Å². The molecule has 0 saturated carbocycles. The normalized spacial score (nSPS) is 11.9. The molecule has 1 heterocycles. The molecule has 0 saturated heterocycles. The number of anilines is 1. The van der Waals surface area contributed by atoms with Crippen LogP contribution in [-0.2, 0) is 4.79 Å². The molecule has 0 bridgehead atoms. The number of rotatable bonds is 8. The molecule has 1 atom stereocenters. The highest BCUT2D eigenvalue weighted by Gasteiger charge is 2.22. The number of para-hydroxylation sites is 1. The molecule has 0 fully saturated rings. The van der Waals surface area contributed by atoms with Gasteiger partial charge in [-0.05, 0) is 54.3 Å². The average molecular weight is 442 g/mol. The van der Waals surface area contributed by atoms with Crippen LogP contribution < -0.4 is 10.1 Å². The molecule has 168 valence electrons. The number of amides is 1. The van der Waals surface area contributed by atoms with Crippen LogP contribution in [0.3, 0.4) is 0 Å². The third-order valence-corrected chi connectivity index (χ3v) is 5.34. The highest BCUT2D eigenvalue weighted by molar-refractivity contribution is 5.94. The molecule has 33 heavy (non-hydrogen) atoms. The highest BCUT2D eigenvalue weighted by Crippen LogP contribution is 2.32. The Morgan fingerprint density at radius 1 is 0.909 bits per heavy atom. The Labute approximate surface area is 193 Å².